The van der Waals surface area contributed by atoms with Crippen LogP contribution >= 0.6 is 0 Å². The predicted octanol–water partition coefficient (Wildman–Crippen LogP) is 2.47. The highest BCUT2D eigenvalue weighted by atomic mass is 16.4. The molecule has 6 nitrogen and oxygen atoms in total. The van der Waals surface area contributed by atoms with Crippen LogP contribution < -0.4 is 0 Å². The van der Waals surface area contributed by atoms with Crippen LogP contribution in [0.25, 0.3) is 0 Å². The minimum absolute atomic E-state index is 0.0378. The number of hydrogen-bond donors (Lipinski definition) is 2. The number of nitrogens with zero attached hydrogens (tertiary/aromatic N) is 2. The van der Waals surface area contributed by atoms with Crippen LogP contribution in [0.15, 0.2) is 36.4 Å². The molecule has 0 unspecified atom stereocenters. The second kappa shape index (κ2) is 6.59. The first-order chi connectivity index (χ1) is 12.6. The van der Waals surface area contributed by atoms with E-state index in [1.54, 1.807) is 0 Å². The van der Waals surface area contributed by atoms with Crippen LogP contribution in [0.3, 0.4) is 0 Å². The molecule has 2 heterocycles. The number of piperidine rings is 1. The molecular weight excluding hydrogens is 330 g/mol. The average molecular weight is 353 g/mol. The van der Waals surface area contributed by atoms with Gasteiger partial charge in [0, 0.05) is 24.7 Å². The van der Waals surface area contributed by atoms with Crippen LogP contribution in [-0.2, 0) is 21.4 Å². The second-order valence-electron chi connectivity index (χ2n) is 7.40. The third kappa shape index (κ3) is 3.11. The summed E-state index contributed by atoms with van der Waals surface area (Å²) in [6.45, 7) is 1.47. The Morgan fingerprint density at radius 2 is 1.88 bits per heavy atom. The lowest BCUT2D eigenvalue weighted by Crippen LogP contribution is -2.43. The van der Waals surface area contributed by atoms with Crippen molar-refractivity contribution in [2.45, 2.75) is 43.4 Å². The molecule has 4 rings (SSSR count). The molecule has 6 heteroatoms. The molecule has 0 spiro atoms. The molecule has 2 aromatic rings. The van der Waals surface area contributed by atoms with Crippen molar-refractivity contribution in [3.63, 3.8) is 0 Å². The van der Waals surface area contributed by atoms with E-state index in [-0.39, 0.29) is 23.7 Å². The number of carbonyl (C=O) groups excluding carboxylic acids is 1. The van der Waals surface area contributed by atoms with Crippen LogP contribution in [0.4, 0.5) is 0 Å². The Morgan fingerprint density at radius 1 is 1.19 bits per heavy atom. The molecule has 1 aromatic heterocycles. The van der Waals surface area contributed by atoms with E-state index in [2.05, 4.69) is 22.3 Å². The molecule has 0 atom stereocenters. The smallest absolute Gasteiger partial charge is 0.309 e. The third-order valence-electron chi connectivity index (χ3n) is 5.68. The Morgan fingerprint density at radius 3 is 2.50 bits per heavy atom. The topological polar surface area (TPSA) is 86.3 Å². The van der Waals surface area contributed by atoms with Gasteiger partial charge in [-0.2, -0.15) is 5.10 Å². The van der Waals surface area contributed by atoms with Gasteiger partial charge in [0.05, 0.1) is 17.5 Å². The van der Waals surface area contributed by atoms with Crippen molar-refractivity contribution in [3.05, 3.63) is 53.3 Å². The van der Waals surface area contributed by atoms with Crippen LogP contribution in [0, 0.1) is 0 Å². The van der Waals surface area contributed by atoms with Crippen molar-refractivity contribution in [3.8, 4) is 0 Å². The Hall–Kier alpha value is -2.63. The molecule has 0 radical (unpaired) electrons. The molecule has 1 saturated carbocycles. The fraction of sp³-hybridized carbons (Fsp3) is 0.450. The standard InChI is InChI=1S/C20H23N3O3/c24-18(25)13-16-12-17(22-21-16)14-6-10-23(11-7-14)19(26)20(8-9-20)15-4-2-1-3-5-15/h1-5,12,14H,6-11,13H2,(H,21,22)(H,24,25). The maximum absolute atomic E-state index is 13.1. The zero-order valence-electron chi connectivity index (χ0n) is 14.6. The van der Waals surface area contributed by atoms with Crippen LogP contribution in [0.2, 0.25) is 0 Å². The zero-order chi connectivity index (χ0) is 18.1. The molecule has 1 aromatic carbocycles. The van der Waals surface area contributed by atoms with Crippen molar-refractivity contribution < 1.29 is 14.7 Å². The van der Waals surface area contributed by atoms with Crippen molar-refractivity contribution >= 4 is 11.9 Å². The minimum atomic E-state index is -0.865. The summed E-state index contributed by atoms with van der Waals surface area (Å²) in [6, 6.07) is 12.0. The molecule has 26 heavy (non-hydrogen) atoms. The van der Waals surface area contributed by atoms with Gasteiger partial charge in [-0.05, 0) is 37.3 Å². The number of benzene rings is 1. The monoisotopic (exact) mass is 353 g/mol. The average Bonchev–Trinajstić information content (AvgIpc) is 3.35. The lowest BCUT2D eigenvalue weighted by atomic mass is 9.90. The molecule has 2 aliphatic rings. The molecular formula is C20H23N3O3. The van der Waals surface area contributed by atoms with Gasteiger partial charge in [-0.25, -0.2) is 0 Å². The first-order valence-corrected chi connectivity index (χ1v) is 9.19. The van der Waals surface area contributed by atoms with Gasteiger partial charge in [0.25, 0.3) is 0 Å². The van der Waals surface area contributed by atoms with E-state index in [9.17, 15) is 9.59 Å². The summed E-state index contributed by atoms with van der Waals surface area (Å²) in [6.07, 6.45) is 3.58. The molecule has 0 bridgehead atoms. The van der Waals surface area contributed by atoms with Crippen molar-refractivity contribution in [2.24, 2.45) is 0 Å². The summed E-state index contributed by atoms with van der Waals surface area (Å²) >= 11 is 0. The molecule has 1 amide bonds. The SMILES string of the molecule is O=C(O)Cc1cc(C2CCN(C(=O)C3(c4ccccc4)CC3)CC2)n[nH]1. The van der Waals surface area contributed by atoms with Gasteiger partial charge in [0.2, 0.25) is 5.91 Å². The van der Waals surface area contributed by atoms with Crippen LogP contribution in [-0.4, -0.2) is 45.2 Å². The van der Waals surface area contributed by atoms with E-state index >= 15 is 0 Å². The number of carbonyl (C=O) groups is 2. The van der Waals surface area contributed by atoms with Gasteiger partial charge in [0.1, 0.15) is 0 Å². The summed E-state index contributed by atoms with van der Waals surface area (Å²) < 4.78 is 0. The molecule has 2 fully saturated rings. The van der Waals surface area contributed by atoms with E-state index < -0.39 is 5.97 Å². The van der Waals surface area contributed by atoms with E-state index in [4.69, 9.17) is 5.11 Å². The Balaban J connectivity index is 1.39. The molecule has 136 valence electrons. The third-order valence-corrected chi connectivity index (χ3v) is 5.68. The first kappa shape index (κ1) is 16.8. The largest absolute Gasteiger partial charge is 0.481 e. The second-order valence-corrected chi connectivity index (χ2v) is 7.40. The number of hydrogen-bond acceptors (Lipinski definition) is 3. The van der Waals surface area contributed by atoms with Gasteiger partial charge in [0.15, 0.2) is 0 Å². The molecule has 1 aliphatic carbocycles. The van der Waals surface area contributed by atoms with E-state index in [1.807, 2.05) is 29.2 Å². The minimum Gasteiger partial charge on any atom is -0.481 e. The van der Waals surface area contributed by atoms with Gasteiger partial charge < -0.3 is 10.0 Å². The summed E-state index contributed by atoms with van der Waals surface area (Å²) in [5.74, 6) is -0.322. The Labute approximate surface area is 152 Å². The number of amides is 1. The highest BCUT2D eigenvalue weighted by Gasteiger charge is 2.53. The van der Waals surface area contributed by atoms with Crippen LogP contribution in [0.5, 0.6) is 0 Å². The van der Waals surface area contributed by atoms with Crippen molar-refractivity contribution in [1.82, 2.24) is 15.1 Å². The van der Waals surface area contributed by atoms with E-state index in [1.165, 1.54) is 0 Å². The zero-order valence-corrected chi connectivity index (χ0v) is 14.6. The summed E-state index contributed by atoms with van der Waals surface area (Å²) in [7, 11) is 0. The van der Waals surface area contributed by atoms with Gasteiger partial charge in [-0.1, -0.05) is 30.3 Å². The predicted molar refractivity (Wildman–Crippen MR) is 95.8 cm³/mol. The number of likely N-dealkylation sites (tertiary alicyclic amines) is 1. The number of carboxylic acids is 1. The highest BCUT2D eigenvalue weighted by Crippen LogP contribution is 2.50. The fourth-order valence-electron chi connectivity index (χ4n) is 4.03. The number of aromatic amines is 1. The Bertz CT molecular complexity index is 803. The maximum Gasteiger partial charge on any atom is 0.309 e. The number of aromatic nitrogens is 2. The quantitative estimate of drug-likeness (QED) is 0.865. The molecule has 2 N–H and O–H groups in total. The molecule has 1 aliphatic heterocycles. The summed E-state index contributed by atoms with van der Waals surface area (Å²) in [4.78, 5) is 25.9. The number of carboxylic acid groups (broad SMARTS) is 1. The maximum atomic E-state index is 13.1. The summed E-state index contributed by atoms with van der Waals surface area (Å²) in [5, 5.41) is 16.0. The van der Waals surface area contributed by atoms with Crippen molar-refractivity contribution in [1.29, 1.82) is 0 Å². The molecule has 1 saturated heterocycles. The van der Waals surface area contributed by atoms with Crippen LogP contribution in [0.1, 0.15) is 48.6 Å². The fourth-order valence-corrected chi connectivity index (χ4v) is 4.03. The van der Waals surface area contributed by atoms with Gasteiger partial charge in [-0.3, -0.25) is 14.7 Å². The number of rotatable bonds is 5. The van der Waals surface area contributed by atoms with E-state index in [0.717, 1.165) is 50.0 Å². The Kier molecular flexibility index (Phi) is 4.26. The van der Waals surface area contributed by atoms with E-state index in [0.29, 0.717) is 5.69 Å². The van der Waals surface area contributed by atoms with Gasteiger partial charge in [-0.15, -0.1) is 0 Å². The first-order valence-electron chi connectivity index (χ1n) is 9.19. The van der Waals surface area contributed by atoms with Gasteiger partial charge >= 0.3 is 5.97 Å². The van der Waals surface area contributed by atoms with Crippen molar-refractivity contribution in [2.75, 3.05) is 13.1 Å². The lowest BCUT2D eigenvalue weighted by Gasteiger charge is -2.34. The highest BCUT2D eigenvalue weighted by molar-refractivity contribution is 5.91. The number of aliphatic carboxylic acids is 1. The lowest BCUT2D eigenvalue weighted by molar-refractivity contribution is -0.136. The normalized spacial score (nSPS) is 19.3. The number of nitrogens with one attached hydrogen (secondary N) is 1. The summed E-state index contributed by atoms with van der Waals surface area (Å²) in [5.41, 5.74) is 2.39. The number of H-pyrrole nitrogens is 1.